The highest BCUT2D eigenvalue weighted by atomic mass is 15.2. The summed E-state index contributed by atoms with van der Waals surface area (Å²) >= 11 is 0. The van der Waals surface area contributed by atoms with E-state index in [9.17, 15) is 0 Å². The number of rotatable bonds is 4. The second-order valence-corrected chi connectivity index (χ2v) is 6.58. The van der Waals surface area contributed by atoms with Crippen LogP contribution in [0, 0.1) is 18.3 Å². The summed E-state index contributed by atoms with van der Waals surface area (Å²) in [6, 6.07) is 10.5. The van der Waals surface area contributed by atoms with Crippen LogP contribution in [0.1, 0.15) is 49.3 Å². The first-order valence-electron chi connectivity index (χ1n) is 8.19. The molecular formula is C18H25N3. The highest BCUT2D eigenvalue weighted by Crippen LogP contribution is 2.30. The van der Waals surface area contributed by atoms with Gasteiger partial charge in [0.15, 0.2) is 0 Å². The minimum Gasteiger partial charge on any atom is -0.311 e. The molecule has 0 amide bonds. The molecule has 2 unspecified atom stereocenters. The Labute approximate surface area is 128 Å². The highest BCUT2D eigenvalue weighted by molar-refractivity contribution is 5.37. The first-order chi connectivity index (χ1) is 10.2. The zero-order valence-electron chi connectivity index (χ0n) is 13.1. The summed E-state index contributed by atoms with van der Waals surface area (Å²) in [5.74, 6) is 0. The normalized spacial score (nSPS) is 27.8. The van der Waals surface area contributed by atoms with Gasteiger partial charge in [-0.2, -0.15) is 5.26 Å². The molecule has 0 aliphatic carbocycles. The van der Waals surface area contributed by atoms with E-state index >= 15 is 0 Å². The molecule has 2 saturated heterocycles. The Morgan fingerprint density at radius 3 is 2.57 bits per heavy atom. The number of fused-ring (bicyclic) bond motifs is 2. The number of nitrogens with one attached hydrogen (secondary N) is 1. The summed E-state index contributed by atoms with van der Waals surface area (Å²) in [6.07, 6.45) is 5.29. The summed E-state index contributed by atoms with van der Waals surface area (Å²) in [5.41, 5.74) is 3.37. The fourth-order valence-corrected chi connectivity index (χ4v) is 3.99. The number of aryl methyl sites for hydroxylation is 1. The number of hydrogen-bond acceptors (Lipinski definition) is 3. The van der Waals surface area contributed by atoms with Crippen LogP contribution >= 0.6 is 0 Å². The molecule has 0 radical (unpaired) electrons. The number of piperidine rings is 1. The van der Waals surface area contributed by atoms with Crippen LogP contribution in [-0.4, -0.2) is 29.6 Å². The van der Waals surface area contributed by atoms with E-state index in [2.05, 4.69) is 36.2 Å². The molecule has 2 bridgehead atoms. The third-order valence-electron chi connectivity index (χ3n) is 5.22. The summed E-state index contributed by atoms with van der Waals surface area (Å²) in [4.78, 5) is 2.63. The van der Waals surface area contributed by atoms with Gasteiger partial charge in [-0.05, 0) is 62.4 Å². The maximum atomic E-state index is 8.98. The van der Waals surface area contributed by atoms with Crippen LogP contribution in [-0.2, 0) is 6.54 Å². The van der Waals surface area contributed by atoms with Crippen molar-refractivity contribution in [2.45, 2.75) is 64.2 Å². The van der Waals surface area contributed by atoms with Crippen molar-refractivity contribution in [3.8, 4) is 6.07 Å². The average molecular weight is 283 g/mol. The van der Waals surface area contributed by atoms with Gasteiger partial charge < -0.3 is 5.32 Å². The van der Waals surface area contributed by atoms with E-state index in [0.29, 0.717) is 6.04 Å². The van der Waals surface area contributed by atoms with Crippen molar-refractivity contribution in [3.63, 3.8) is 0 Å². The second kappa shape index (κ2) is 6.17. The van der Waals surface area contributed by atoms with Crippen LogP contribution in [0.4, 0.5) is 0 Å². The van der Waals surface area contributed by atoms with Crippen LogP contribution in [0.25, 0.3) is 0 Å². The van der Waals surface area contributed by atoms with Gasteiger partial charge in [-0.3, -0.25) is 4.90 Å². The molecule has 0 aromatic heterocycles. The largest absolute Gasteiger partial charge is 0.311 e. The summed E-state index contributed by atoms with van der Waals surface area (Å²) in [6.45, 7) is 6.50. The maximum absolute atomic E-state index is 8.98. The van der Waals surface area contributed by atoms with Gasteiger partial charge in [0.25, 0.3) is 0 Å². The van der Waals surface area contributed by atoms with Gasteiger partial charge in [-0.15, -0.1) is 0 Å². The lowest BCUT2D eigenvalue weighted by Crippen LogP contribution is -2.48. The molecule has 3 nitrogen and oxygen atoms in total. The molecule has 112 valence electrons. The van der Waals surface area contributed by atoms with Gasteiger partial charge in [0.1, 0.15) is 0 Å². The van der Waals surface area contributed by atoms with Crippen molar-refractivity contribution in [2.75, 3.05) is 6.54 Å². The van der Waals surface area contributed by atoms with Gasteiger partial charge >= 0.3 is 0 Å². The van der Waals surface area contributed by atoms with Crippen LogP contribution in [0.3, 0.4) is 0 Å². The lowest BCUT2D eigenvalue weighted by molar-refractivity contribution is 0.140. The minimum absolute atomic E-state index is 0.712. The van der Waals surface area contributed by atoms with Crippen molar-refractivity contribution in [2.24, 2.45) is 0 Å². The monoisotopic (exact) mass is 283 g/mol. The molecule has 3 rings (SSSR count). The zero-order valence-corrected chi connectivity index (χ0v) is 13.1. The Hall–Kier alpha value is -1.37. The average Bonchev–Trinajstić information content (AvgIpc) is 2.84. The zero-order chi connectivity index (χ0) is 14.8. The van der Waals surface area contributed by atoms with Crippen LogP contribution in [0.5, 0.6) is 0 Å². The molecule has 2 heterocycles. The van der Waals surface area contributed by atoms with E-state index in [1.165, 1.54) is 36.8 Å². The first-order valence-corrected chi connectivity index (χ1v) is 8.19. The molecule has 2 aliphatic rings. The van der Waals surface area contributed by atoms with E-state index < -0.39 is 0 Å². The fraction of sp³-hybridized carbons (Fsp3) is 0.611. The van der Waals surface area contributed by atoms with Crippen LogP contribution < -0.4 is 5.32 Å². The number of nitriles is 1. The molecule has 1 N–H and O–H groups in total. The summed E-state index contributed by atoms with van der Waals surface area (Å²) in [7, 11) is 0. The second-order valence-electron chi connectivity index (χ2n) is 6.58. The molecule has 2 atom stereocenters. The molecule has 1 aromatic rings. The van der Waals surface area contributed by atoms with E-state index in [4.69, 9.17) is 5.26 Å². The molecule has 2 aliphatic heterocycles. The number of nitrogens with zero attached hydrogens (tertiary/aromatic N) is 2. The summed E-state index contributed by atoms with van der Waals surface area (Å²) in [5, 5.41) is 12.7. The Balaban J connectivity index is 1.71. The Morgan fingerprint density at radius 2 is 2.00 bits per heavy atom. The maximum Gasteiger partial charge on any atom is 0.0991 e. The number of benzene rings is 1. The van der Waals surface area contributed by atoms with E-state index in [0.717, 1.165) is 30.7 Å². The fourth-order valence-electron chi connectivity index (χ4n) is 3.99. The first kappa shape index (κ1) is 14.6. The Morgan fingerprint density at radius 1 is 1.29 bits per heavy atom. The van der Waals surface area contributed by atoms with E-state index in [1.807, 2.05) is 12.1 Å². The molecule has 0 saturated carbocycles. The smallest absolute Gasteiger partial charge is 0.0991 e. The lowest BCUT2D eigenvalue weighted by atomic mass is 9.97. The predicted octanol–water partition coefficient (Wildman–Crippen LogP) is 2.97. The van der Waals surface area contributed by atoms with Gasteiger partial charge in [0.05, 0.1) is 11.6 Å². The summed E-state index contributed by atoms with van der Waals surface area (Å²) < 4.78 is 0. The molecule has 1 aromatic carbocycles. The van der Waals surface area contributed by atoms with Crippen LogP contribution in [0.15, 0.2) is 18.2 Å². The molecule has 0 spiro atoms. The van der Waals surface area contributed by atoms with Crippen molar-refractivity contribution < 1.29 is 0 Å². The Kier molecular flexibility index (Phi) is 4.28. The van der Waals surface area contributed by atoms with Crippen LogP contribution in [0.2, 0.25) is 0 Å². The van der Waals surface area contributed by atoms with Crippen molar-refractivity contribution >= 4 is 0 Å². The van der Waals surface area contributed by atoms with Gasteiger partial charge in [0, 0.05) is 24.7 Å². The third-order valence-corrected chi connectivity index (χ3v) is 5.22. The van der Waals surface area contributed by atoms with Crippen molar-refractivity contribution in [1.82, 2.24) is 10.2 Å². The standard InChI is InChI=1S/C18H25N3/c1-3-21(18-9-16-6-7-17(10-18)20-16)12-15-5-4-14(11-19)8-13(15)2/h4-5,8,16-18,20H,3,6-7,9-10,12H2,1-2H3. The predicted molar refractivity (Wildman–Crippen MR) is 84.9 cm³/mol. The van der Waals surface area contributed by atoms with Gasteiger partial charge in [-0.1, -0.05) is 13.0 Å². The van der Waals surface area contributed by atoms with Gasteiger partial charge in [-0.25, -0.2) is 0 Å². The van der Waals surface area contributed by atoms with Gasteiger partial charge in [0.2, 0.25) is 0 Å². The topological polar surface area (TPSA) is 39.1 Å². The van der Waals surface area contributed by atoms with Crippen molar-refractivity contribution in [3.05, 3.63) is 34.9 Å². The number of hydrogen-bond donors (Lipinski definition) is 1. The van der Waals surface area contributed by atoms with Crippen molar-refractivity contribution in [1.29, 1.82) is 5.26 Å². The lowest BCUT2D eigenvalue weighted by Gasteiger charge is -2.37. The molecular weight excluding hydrogens is 258 g/mol. The van der Waals surface area contributed by atoms with E-state index in [1.54, 1.807) is 0 Å². The quantitative estimate of drug-likeness (QED) is 0.923. The molecule has 2 fully saturated rings. The molecule has 3 heteroatoms. The minimum atomic E-state index is 0.712. The molecule has 21 heavy (non-hydrogen) atoms. The Bertz CT molecular complexity index is 534. The van der Waals surface area contributed by atoms with E-state index in [-0.39, 0.29) is 0 Å². The third kappa shape index (κ3) is 3.12. The SMILES string of the molecule is CCN(Cc1ccc(C#N)cc1C)C1CC2CCC(C1)N2. The highest BCUT2D eigenvalue weighted by Gasteiger charge is 2.35.